The Morgan fingerprint density at radius 3 is 2.38 bits per heavy atom. The maximum Gasteiger partial charge on any atom is 0.164 e. The van der Waals surface area contributed by atoms with Crippen LogP contribution in [-0.2, 0) is 0 Å². The van der Waals surface area contributed by atoms with Crippen LogP contribution in [-0.4, -0.2) is 37.0 Å². The van der Waals surface area contributed by atoms with Gasteiger partial charge < -0.3 is 21.3 Å². The normalized spacial score (nSPS) is 21.0. The van der Waals surface area contributed by atoms with Gasteiger partial charge in [-0.1, -0.05) is 18.2 Å². The number of nitrogens with zero attached hydrogens (tertiary/aromatic N) is 4. The fourth-order valence-electron chi connectivity index (χ4n) is 4.35. The summed E-state index contributed by atoms with van der Waals surface area (Å²) in [4.78, 5) is 8.68. The van der Waals surface area contributed by atoms with Crippen LogP contribution in [0.1, 0.15) is 31.7 Å². The van der Waals surface area contributed by atoms with E-state index in [4.69, 9.17) is 21.3 Å². The van der Waals surface area contributed by atoms with Crippen molar-refractivity contribution >= 4 is 16.9 Å². The molecule has 0 bridgehead atoms. The minimum atomic E-state index is -0.787. The molecule has 0 amide bonds. The lowest BCUT2D eigenvalue weighted by molar-refractivity contribution is -0.0000241. The maximum absolute atomic E-state index is 10.5. The van der Waals surface area contributed by atoms with Crippen molar-refractivity contribution in [2.75, 3.05) is 12.3 Å². The van der Waals surface area contributed by atoms with Gasteiger partial charge in [0.15, 0.2) is 5.65 Å². The first-order valence-electron chi connectivity index (χ1n) is 10.8. The van der Waals surface area contributed by atoms with E-state index in [-0.39, 0.29) is 12.6 Å². The summed E-state index contributed by atoms with van der Waals surface area (Å²) in [5.74, 6) is 1.92. The molecule has 5 N–H and O–H groups in total. The predicted octanol–water partition coefficient (Wildman–Crippen LogP) is 3.67. The van der Waals surface area contributed by atoms with E-state index in [1.165, 1.54) is 6.33 Å². The number of rotatable bonds is 5. The van der Waals surface area contributed by atoms with Gasteiger partial charge in [-0.25, -0.2) is 14.6 Å². The Hall–Kier alpha value is -3.49. The second-order valence-corrected chi connectivity index (χ2v) is 8.35. The molecule has 1 aliphatic rings. The minimum Gasteiger partial charge on any atom is -0.457 e. The van der Waals surface area contributed by atoms with E-state index >= 15 is 0 Å². The summed E-state index contributed by atoms with van der Waals surface area (Å²) in [6.45, 7) is 0.275. The van der Waals surface area contributed by atoms with Crippen LogP contribution in [0.15, 0.2) is 60.9 Å². The molecule has 8 nitrogen and oxygen atoms in total. The Labute approximate surface area is 185 Å². The van der Waals surface area contributed by atoms with Crippen LogP contribution in [0.4, 0.5) is 5.82 Å². The van der Waals surface area contributed by atoms with Gasteiger partial charge in [0.25, 0.3) is 0 Å². The summed E-state index contributed by atoms with van der Waals surface area (Å²) in [6, 6.07) is 17.5. The third kappa shape index (κ3) is 3.79. The quantitative estimate of drug-likeness (QED) is 0.441. The second kappa shape index (κ2) is 8.22. The van der Waals surface area contributed by atoms with Crippen molar-refractivity contribution in [3.8, 4) is 22.8 Å². The van der Waals surface area contributed by atoms with Crippen molar-refractivity contribution in [2.24, 2.45) is 5.73 Å². The number of aliphatic hydroxyl groups is 1. The van der Waals surface area contributed by atoms with Gasteiger partial charge in [0, 0.05) is 12.1 Å². The topological polar surface area (TPSA) is 125 Å². The van der Waals surface area contributed by atoms with Crippen LogP contribution in [0, 0.1) is 0 Å². The van der Waals surface area contributed by atoms with Crippen molar-refractivity contribution in [3.63, 3.8) is 0 Å². The molecule has 2 aromatic carbocycles. The van der Waals surface area contributed by atoms with Gasteiger partial charge in [-0.2, -0.15) is 5.10 Å². The minimum absolute atomic E-state index is 0.119. The highest BCUT2D eigenvalue weighted by Gasteiger charge is 2.34. The summed E-state index contributed by atoms with van der Waals surface area (Å²) >= 11 is 0. The smallest absolute Gasteiger partial charge is 0.164 e. The molecule has 2 heterocycles. The van der Waals surface area contributed by atoms with E-state index < -0.39 is 5.60 Å². The molecule has 5 rings (SSSR count). The zero-order valence-electron chi connectivity index (χ0n) is 17.7. The van der Waals surface area contributed by atoms with Crippen LogP contribution in [0.3, 0.4) is 0 Å². The molecule has 1 saturated carbocycles. The van der Waals surface area contributed by atoms with E-state index in [0.717, 1.165) is 41.0 Å². The number of fused-ring (bicyclic) bond motifs is 1. The van der Waals surface area contributed by atoms with Gasteiger partial charge in [0.05, 0.1) is 17.0 Å². The average Bonchev–Trinajstić information content (AvgIpc) is 3.22. The summed E-state index contributed by atoms with van der Waals surface area (Å²) in [7, 11) is 0. The number of anilines is 1. The third-order valence-electron chi connectivity index (χ3n) is 6.24. The molecule has 0 saturated heterocycles. The Morgan fingerprint density at radius 1 is 1.00 bits per heavy atom. The van der Waals surface area contributed by atoms with Crippen molar-refractivity contribution < 1.29 is 9.84 Å². The van der Waals surface area contributed by atoms with E-state index in [1.807, 2.05) is 59.3 Å². The number of hydrogen-bond acceptors (Lipinski definition) is 7. The zero-order chi connectivity index (χ0) is 22.1. The number of nitrogen functional groups attached to an aromatic ring is 1. The number of benzene rings is 2. The van der Waals surface area contributed by atoms with Crippen molar-refractivity contribution in [1.82, 2.24) is 19.7 Å². The van der Waals surface area contributed by atoms with Gasteiger partial charge in [0.2, 0.25) is 0 Å². The zero-order valence-corrected chi connectivity index (χ0v) is 17.7. The SMILES string of the molecule is NCC1(O)CCC(n2nc(-c3ccc(Oc4ccccc4)cc3)c3c(N)ncnc32)CC1. The predicted molar refractivity (Wildman–Crippen MR) is 123 cm³/mol. The Bertz CT molecular complexity index is 1210. The van der Waals surface area contributed by atoms with Crippen LogP contribution >= 0.6 is 0 Å². The lowest BCUT2D eigenvalue weighted by atomic mass is 9.82. The van der Waals surface area contributed by atoms with Gasteiger partial charge in [0.1, 0.15) is 29.3 Å². The van der Waals surface area contributed by atoms with Gasteiger partial charge in [-0.15, -0.1) is 0 Å². The first-order chi connectivity index (χ1) is 15.6. The molecule has 1 fully saturated rings. The van der Waals surface area contributed by atoms with Crippen molar-refractivity contribution in [1.29, 1.82) is 0 Å². The number of ether oxygens (including phenoxy) is 1. The molecule has 1 aliphatic carbocycles. The lowest BCUT2D eigenvalue weighted by Gasteiger charge is -2.35. The first kappa shape index (κ1) is 20.4. The van der Waals surface area contributed by atoms with Crippen molar-refractivity contribution in [3.05, 3.63) is 60.9 Å². The van der Waals surface area contributed by atoms with Gasteiger partial charge in [-0.3, -0.25) is 0 Å². The highest BCUT2D eigenvalue weighted by Crippen LogP contribution is 2.38. The summed E-state index contributed by atoms with van der Waals surface area (Å²) in [6.07, 6.45) is 4.29. The number of para-hydroxylation sites is 1. The molecule has 0 atom stereocenters. The lowest BCUT2D eigenvalue weighted by Crippen LogP contribution is -2.41. The van der Waals surface area contributed by atoms with Crippen LogP contribution < -0.4 is 16.2 Å². The van der Waals surface area contributed by atoms with Crippen LogP contribution in [0.5, 0.6) is 11.5 Å². The fraction of sp³-hybridized carbons (Fsp3) is 0.292. The summed E-state index contributed by atoms with van der Waals surface area (Å²) in [5.41, 5.74) is 13.6. The molecule has 4 aromatic rings. The molecule has 2 aromatic heterocycles. The number of nitrogens with two attached hydrogens (primary N) is 2. The van der Waals surface area contributed by atoms with Crippen LogP contribution in [0.25, 0.3) is 22.3 Å². The van der Waals surface area contributed by atoms with E-state index in [1.54, 1.807) is 0 Å². The van der Waals surface area contributed by atoms with E-state index in [0.29, 0.717) is 24.3 Å². The first-order valence-corrected chi connectivity index (χ1v) is 10.8. The average molecular weight is 431 g/mol. The summed E-state index contributed by atoms with van der Waals surface area (Å²) in [5, 5.41) is 16.2. The molecule has 0 radical (unpaired) electrons. The molecule has 164 valence electrons. The highest BCUT2D eigenvalue weighted by atomic mass is 16.5. The fourth-order valence-corrected chi connectivity index (χ4v) is 4.35. The largest absolute Gasteiger partial charge is 0.457 e. The maximum atomic E-state index is 10.5. The summed E-state index contributed by atoms with van der Waals surface area (Å²) < 4.78 is 7.84. The second-order valence-electron chi connectivity index (χ2n) is 8.35. The Kier molecular flexibility index (Phi) is 5.24. The van der Waals surface area contributed by atoms with E-state index in [2.05, 4.69) is 9.97 Å². The standard InChI is InChI=1S/C24H26N6O2/c25-14-24(31)12-10-17(11-13-24)30-23-20(22(26)27-15-28-23)21(29-30)16-6-8-19(9-7-16)32-18-4-2-1-3-5-18/h1-9,15,17,31H,10-14,25H2,(H2,26,27,28). The number of hydrogen-bond donors (Lipinski definition) is 3. The number of aromatic nitrogens is 4. The van der Waals surface area contributed by atoms with Crippen LogP contribution in [0.2, 0.25) is 0 Å². The molecule has 0 aliphatic heterocycles. The Morgan fingerprint density at radius 2 is 1.69 bits per heavy atom. The van der Waals surface area contributed by atoms with Gasteiger partial charge in [-0.05, 0) is 62.1 Å². The Balaban J connectivity index is 1.48. The molecular weight excluding hydrogens is 404 g/mol. The molecule has 0 spiro atoms. The molecular formula is C24H26N6O2. The third-order valence-corrected chi connectivity index (χ3v) is 6.24. The van der Waals surface area contributed by atoms with E-state index in [9.17, 15) is 5.11 Å². The highest BCUT2D eigenvalue weighted by molar-refractivity contribution is 5.98. The molecule has 32 heavy (non-hydrogen) atoms. The van der Waals surface area contributed by atoms with Gasteiger partial charge >= 0.3 is 0 Å². The molecule has 0 unspecified atom stereocenters. The van der Waals surface area contributed by atoms with Crippen molar-refractivity contribution in [2.45, 2.75) is 37.3 Å². The molecule has 8 heteroatoms. The monoisotopic (exact) mass is 430 g/mol.